The molecule has 4 rings (SSSR count). The first-order valence-electron chi connectivity index (χ1n) is 8.03. The standard InChI is InChI=1S/C18H20N2O2/c1-12-10-16(19-22-12)18(21)20-11-15(13-6-3-2-4-7-13)14-8-5-9-17(14)20/h2-4,6-7,10,14-15,17H,5,8-9,11H2,1H3. The normalized spacial score (nSPS) is 27.1. The van der Waals surface area contributed by atoms with Crippen LogP contribution in [-0.4, -0.2) is 28.6 Å². The molecule has 22 heavy (non-hydrogen) atoms. The van der Waals surface area contributed by atoms with E-state index in [1.165, 1.54) is 18.4 Å². The van der Waals surface area contributed by atoms with Gasteiger partial charge in [0, 0.05) is 24.6 Å². The van der Waals surface area contributed by atoms with Crippen LogP contribution in [0.1, 0.15) is 47.0 Å². The van der Waals surface area contributed by atoms with Crippen molar-refractivity contribution in [2.45, 2.75) is 38.1 Å². The lowest BCUT2D eigenvalue weighted by Crippen LogP contribution is -2.36. The molecular formula is C18H20N2O2. The number of nitrogens with zero attached hydrogens (tertiary/aromatic N) is 2. The second-order valence-electron chi connectivity index (χ2n) is 6.46. The molecule has 2 heterocycles. The summed E-state index contributed by atoms with van der Waals surface area (Å²) < 4.78 is 5.07. The number of rotatable bonds is 2. The fourth-order valence-electron chi connectivity index (χ4n) is 4.21. The molecule has 1 saturated carbocycles. The monoisotopic (exact) mass is 296 g/mol. The van der Waals surface area contributed by atoms with Crippen molar-refractivity contribution in [2.24, 2.45) is 5.92 Å². The van der Waals surface area contributed by atoms with E-state index in [1.807, 2.05) is 17.9 Å². The molecule has 4 heteroatoms. The predicted molar refractivity (Wildman–Crippen MR) is 82.6 cm³/mol. The van der Waals surface area contributed by atoms with Crippen LogP contribution >= 0.6 is 0 Å². The second kappa shape index (κ2) is 5.27. The minimum Gasteiger partial charge on any atom is -0.361 e. The van der Waals surface area contributed by atoms with Gasteiger partial charge < -0.3 is 9.42 Å². The van der Waals surface area contributed by atoms with Gasteiger partial charge in [-0.05, 0) is 31.2 Å². The lowest BCUT2D eigenvalue weighted by atomic mass is 9.87. The Kier molecular flexibility index (Phi) is 3.25. The second-order valence-corrected chi connectivity index (χ2v) is 6.46. The van der Waals surface area contributed by atoms with Gasteiger partial charge in [0.15, 0.2) is 5.69 Å². The molecule has 114 valence electrons. The van der Waals surface area contributed by atoms with Gasteiger partial charge in [-0.25, -0.2) is 0 Å². The average Bonchev–Trinajstić information content (AvgIpc) is 3.23. The number of aryl methyl sites for hydroxylation is 1. The number of hydrogen-bond acceptors (Lipinski definition) is 3. The highest BCUT2D eigenvalue weighted by Crippen LogP contribution is 2.46. The van der Waals surface area contributed by atoms with Crippen LogP contribution in [0, 0.1) is 12.8 Å². The molecule has 0 N–H and O–H groups in total. The summed E-state index contributed by atoms with van der Waals surface area (Å²) in [4.78, 5) is 14.8. The zero-order valence-corrected chi connectivity index (χ0v) is 12.7. The summed E-state index contributed by atoms with van der Waals surface area (Å²) in [5.74, 6) is 1.74. The number of carbonyl (C=O) groups is 1. The Balaban J connectivity index is 1.63. The Labute approximate surface area is 130 Å². The van der Waals surface area contributed by atoms with Crippen LogP contribution in [0.15, 0.2) is 40.9 Å². The maximum Gasteiger partial charge on any atom is 0.276 e. The van der Waals surface area contributed by atoms with E-state index in [-0.39, 0.29) is 5.91 Å². The van der Waals surface area contributed by atoms with Crippen LogP contribution in [0.3, 0.4) is 0 Å². The highest BCUT2D eigenvalue weighted by Gasteiger charge is 2.47. The Morgan fingerprint density at radius 3 is 2.82 bits per heavy atom. The first-order chi connectivity index (χ1) is 10.7. The van der Waals surface area contributed by atoms with E-state index in [2.05, 4.69) is 29.4 Å². The van der Waals surface area contributed by atoms with Gasteiger partial charge in [0.1, 0.15) is 5.76 Å². The molecule has 1 aliphatic heterocycles. The lowest BCUT2D eigenvalue weighted by molar-refractivity contribution is 0.0717. The van der Waals surface area contributed by atoms with Crippen molar-refractivity contribution < 1.29 is 9.32 Å². The first kappa shape index (κ1) is 13.6. The Bertz CT molecular complexity index is 679. The fourth-order valence-corrected chi connectivity index (χ4v) is 4.21. The Morgan fingerprint density at radius 2 is 2.09 bits per heavy atom. The lowest BCUT2D eigenvalue weighted by Gasteiger charge is -2.22. The summed E-state index contributed by atoms with van der Waals surface area (Å²) >= 11 is 0. The maximum atomic E-state index is 12.8. The maximum absolute atomic E-state index is 12.8. The van der Waals surface area contributed by atoms with Gasteiger partial charge in [-0.1, -0.05) is 41.9 Å². The molecular weight excluding hydrogens is 276 g/mol. The van der Waals surface area contributed by atoms with Gasteiger partial charge >= 0.3 is 0 Å². The van der Waals surface area contributed by atoms with Crippen molar-refractivity contribution in [1.29, 1.82) is 0 Å². The van der Waals surface area contributed by atoms with E-state index in [1.54, 1.807) is 6.07 Å². The van der Waals surface area contributed by atoms with Crippen molar-refractivity contribution >= 4 is 5.91 Å². The molecule has 4 nitrogen and oxygen atoms in total. The highest BCUT2D eigenvalue weighted by molar-refractivity contribution is 5.92. The average molecular weight is 296 g/mol. The molecule has 1 aromatic carbocycles. The van der Waals surface area contributed by atoms with Crippen LogP contribution in [0.2, 0.25) is 0 Å². The largest absolute Gasteiger partial charge is 0.361 e. The van der Waals surface area contributed by atoms with Crippen molar-refractivity contribution in [3.05, 3.63) is 53.4 Å². The molecule has 2 aliphatic rings. The number of carbonyl (C=O) groups excluding carboxylic acids is 1. The van der Waals surface area contributed by atoms with Crippen molar-refractivity contribution in [2.75, 3.05) is 6.54 Å². The molecule has 1 saturated heterocycles. The molecule has 0 radical (unpaired) electrons. The first-order valence-corrected chi connectivity index (χ1v) is 8.03. The van der Waals surface area contributed by atoms with E-state index >= 15 is 0 Å². The molecule has 1 amide bonds. The van der Waals surface area contributed by atoms with Gasteiger partial charge in [0.2, 0.25) is 0 Å². The van der Waals surface area contributed by atoms with Gasteiger partial charge in [-0.2, -0.15) is 0 Å². The minimum absolute atomic E-state index is 0.0205. The quantitative estimate of drug-likeness (QED) is 0.853. The number of hydrogen-bond donors (Lipinski definition) is 0. The molecule has 0 bridgehead atoms. The summed E-state index contributed by atoms with van der Waals surface area (Å²) in [5.41, 5.74) is 1.79. The van der Waals surface area contributed by atoms with Gasteiger partial charge in [-0.15, -0.1) is 0 Å². The summed E-state index contributed by atoms with van der Waals surface area (Å²) in [6, 6.07) is 12.7. The van der Waals surface area contributed by atoms with Crippen LogP contribution in [-0.2, 0) is 0 Å². The number of benzene rings is 1. The van der Waals surface area contributed by atoms with E-state index < -0.39 is 0 Å². The molecule has 0 spiro atoms. The van der Waals surface area contributed by atoms with Crippen molar-refractivity contribution in [3.63, 3.8) is 0 Å². The number of likely N-dealkylation sites (tertiary alicyclic amines) is 1. The molecule has 2 fully saturated rings. The molecule has 1 aromatic heterocycles. The van der Waals surface area contributed by atoms with E-state index in [0.29, 0.717) is 29.3 Å². The molecule has 2 aromatic rings. The topological polar surface area (TPSA) is 46.3 Å². The SMILES string of the molecule is Cc1cc(C(=O)N2CC(c3ccccc3)C3CCCC32)no1. The Morgan fingerprint density at radius 1 is 1.27 bits per heavy atom. The fraction of sp³-hybridized carbons (Fsp3) is 0.444. The third kappa shape index (κ3) is 2.14. The summed E-state index contributed by atoms with van der Waals surface area (Å²) in [6.07, 6.45) is 3.53. The third-order valence-corrected chi connectivity index (χ3v) is 5.18. The molecule has 3 atom stereocenters. The number of amides is 1. The number of fused-ring (bicyclic) bond motifs is 1. The van der Waals surface area contributed by atoms with Crippen LogP contribution in [0.25, 0.3) is 0 Å². The van der Waals surface area contributed by atoms with Crippen LogP contribution in [0.4, 0.5) is 0 Å². The summed E-state index contributed by atoms with van der Waals surface area (Å²) in [5, 5.41) is 3.91. The zero-order valence-electron chi connectivity index (χ0n) is 12.7. The minimum atomic E-state index is 0.0205. The van der Waals surface area contributed by atoms with Crippen LogP contribution < -0.4 is 0 Å². The van der Waals surface area contributed by atoms with Gasteiger partial charge in [0.25, 0.3) is 5.91 Å². The molecule has 1 aliphatic carbocycles. The zero-order chi connectivity index (χ0) is 15.1. The smallest absolute Gasteiger partial charge is 0.276 e. The Hall–Kier alpha value is -2.10. The summed E-state index contributed by atoms with van der Waals surface area (Å²) in [7, 11) is 0. The third-order valence-electron chi connectivity index (χ3n) is 5.18. The van der Waals surface area contributed by atoms with Crippen LogP contribution in [0.5, 0.6) is 0 Å². The number of aromatic nitrogens is 1. The van der Waals surface area contributed by atoms with E-state index in [9.17, 15) is 4.79 Å². The van der Waals surface area contributed by atoms with Crippen molar-refractivity contribution in [1.82, 2.24) is 10.1 Å². The molecule has 3 unspecified atom stereocenters. The van der Waals surface area contributed by atoms with Gasteiger partial charge in [-0.3, -0.25) is 4.79 Å². The van der Waals surface area contributed by atoms with Crippen molar-refractivity contribution in [3.8, 4) is 0 Å². The predicted octanol–water partition coefficient (Wildman–Crippen LogP) is 3.39. The van der Waals surface area contributed by atoms with E-state index in [4.69, 9.17) is 4.52 Å². The summed E-state index contributed by atoms with van der Waals surface area (Å²) in [6.45, 7) is 2.61. The highest BCUT2D eigenvalue weighted by atomic mass is 16.5. The van der Waals surface area contributed by atoms with Gasteiger partial charge in [0.05, 0.1) is 0 Å². The van der Waals surface area contributed by atoms with E-state index in [0.717, 1.165) is 13.0 Å².